The molecule has 0 saturated carbocycles. The minimum Gasteiger partial charge on any atom is -0.454 e. The second kappa shape index (κ2) is 4.91. The third-order valence-corrected chi connectivity index (χ3v) is 4.68. The van der Waals surface area contributed by atoms with Gasteiger partial charge in [0, 0.05) is 28.6 Å². The van der Waals surface area contributed by atoms with Crippen LogP contribution in [0.15, 0.2) is 34.3 Å². The molecule has 1 aliphatic carbocycles. The van der Waals surface area contributed by atoms with Crippen LogP contribution in [0.25, 0.3) is 0 Å². The Bertz CT molecular complexity index is 693. The maximum Gasteiger partial charge on any atom is 0.231 e. The molecule has 108 valence electrons. The summed E-state index contributed by atoms with van der Waals surface area (Å²) in [6.45, 7) is 0.244. The molecule has 0 saturated heterocycles. The van der Waals surface area contributed by atoms with Gasteiger partial charge in [0.05, 0.1) is 0 Å². The number of allylic oxidation sites excluding steroid dienone is 4. The summed E-state index contributed by atoms with van der Waals surface area (Å²) in [4.78, 5) is 12.0. The Morgan fingerprint density at radius 3 is 2.86 bits per heavy atom. The Labute approximate surface area is 130 Å². The Balaban J connectivity index is 1.80. The number of carbonyl (C=O) groups is 1. The Kier molecular flexibility index (Phi) is 3.03. The van der Waals surface area contributed by atoms with Gasteiger partial charge in [0.15, 0.2) is 11.5 Å². The van der Waals surface area contributed by atoms with E-state index in [0.717, 1.165) is 34.3 Å². The molecule has 4 rings (SSSR count). The fourth-order valence-corrected chi connectivity index (χ4v) is 3.66. The van der Waals surface area contributed by atoms with E-state index in [2.05, 4.69) is 33.4 Å². The zero-order valence-electron chi connectivity index (χ0n) is 11.3. The maximum absolute atomic E-state index is 12.0. The van der Waals surface area contributed by atoms with Crippen LogP contribution in [0.4, 0.5) is 5.69 Å². The Hall–Kier alpha value is -1.75. The number of rotatable bonds is 1. The summed E-state index contributed by atoms with van der Waals surface area (Å²) in [5.74, 6) is 1.64. The first-order valence-electron chi connectivity index (χ1n) is 7.00. The fourth-order valence-electron chi connectivity index (χ4n) is 3.14. The van der Waals surface area contributed by atoms with Crippen LogP contribution in [0.5, 0.6) is 11.5 Å². The molecule has 5 heteroatoms. The molecule has 1 amide bonds. The summed E-state index contributed by atoms with van der Waals surface area (Å²) >= 11 is 3.54. The molecule has 1 atom stereocenters. The molecule has 3 aliphatic rings. The van der Waals surface area contributed by atoms with Gasteiger partial charge >= 0.3 is 0 Å². The van der Waals surface area contributed by atoms with Crippen molar-refractivity contribution in [1.82, 2.24) is 0 Å². The number of benzene rings is 1. The molecule has 2 aliphatic heterocycles. The van der Waals surface area contributed by atoms with E-state index in [1.807, 2.05) is 12.1 Å². The molecule has 0 radical (unpaired) electrons. The van der Waals surface area contributed by atoms with Crippen LogP contribution < -0.4 is 14.8 Å². The molecule has 0 spiro atoms. The van der Waals surface area contributed by atoms with Gasteiger partial charge in [-0.1, -0.05) is 27.6 Å². The van der Waals surface area contributed by atoms with Crippen molar-refractivity contribution < 1.29 is 14.3 Å². The van der Waals surface area contributed by atoms with Gasteiger partial charge in [0.1, 0.15) is 0 Å². The molecular formula is C16H14BrNO3. The van der Waals surface area contributed by atoms with Crippen LogP contribution in [0.2, 0.25) is 0 Å². The van der Waals surface area contributed by atoms with Crippen molar-refractivity contribution >= 4 is 27.5 Å². The van der Waals surface area contributed by atoms with E-state index in [4.69, 9.17) is 9.47 Å². The standard InChI is InChI=1S/C16H14BrNO3/c17-10-3-1-2-9(4-10)11-6-16(19)18-13-7-15-14(5-12(11)13)20-8-21-15/h3-5,7,11H,1-2,6,8H2,(H,18,19). The van der Waals surface area contributed by atoms with Gasteiger partial charge in [-0.25, -0.2) is 0 Å². The summed E-state index contributed by atoms with van der Waals surface area (Å²) < 4.78 is 12.0. The quantitative estimate of drug-likeness (QED) is 0.839. The average molecular weight is 348 g/mol. The molecule has 4 nitrogen and oxygen atoms in total. The second-order valence-corrected chi connectivity index (χ2v) is 6.36. The first-order valence-corrected chi connectivity index (χ1v) is 7.79. The van der Waals surface area contributed by atoms with Crippen molar-refractivity contribution in [3.05, 3.63) is 39.9 Å². The first-order chi connectivity index (χ1) is 10.2. The topological polar surface area (TPSA) is 47.6 Å². The Morgan fingerprint density at radius 1 is 1.24 bits per heavy atom. The number of hydrogen-bond acceptors (Lipinski definition) is 3. The van der Waals surface area contributed by atoms with E-state index in [1.54, 1.807) is 0 Å². The lowest BCUT2D eigenvalue weighted by Crippen LogP contribution is -2.24. The van der Waals surface area contributed by atoms with Crippen molar-refractivity contribution in [1.29, 1.82) is 0 Å². The van der Waals surface area contributed by atoms with Gasteiger partial charge in [-0.2, -0.15) is 0 Å². The molecule has 1 aromatic rings. The normalized spacial score (nSPS) is 23.1. The lowest BCUT2D eigenvalue weighted by molar-refractivity contribution is -0.116. The minimum atomic E-state index is 0.0536. The van der Waals surface area contributed by atoms with E-state index in [1.165, 1.54) is 5.57 Å². The summed E-state index contributed by atoms with van der Waals surface area (Å²) in [5.41, 5.74) is 3.25. The highest BCUT2D eigenvalue weighted by Gasteiger charge is 2.31. The first kappa shape index (κ1) is 13.0. The SMILES string of the molecule is O=C1CC(C2=CC(Br)=CCC2)c2cc3c(cc2N1)OCO3. The number of hydrogen-bond donors (Lipinski definition) is 1. The summed E-state index contributed by atoms with van der Waals surface area (Å²) in [7, 11) is 0. The lowest BCUT2D eigenvalue weighted by Gasteiger charge is -2.29. The van der Waals surface area contributed by atoms with Crippen LogP contribution in [0, 0.1) is 0 Å². The van der Waals surface area contributed by atoms with Crippen molar-refractivity contribution in [2.24, 2.45) is 0 Å². The molecule has 1 N–H and O–H groups in total. The number of nitrogens with one attached hydrogen (secondary N) is 1. The number of ether oxygens (including phenoxy) is 2. The van der Waals surface area contributed by atoms with Gasteiger partial charge in [-0.05, 0) is 30.5 Å². The Morgan fingerprint density at radius 2 is 2.05 bits per heavy atom. The van der Waals surface area contributed by atoms with E-state index in [0.29, 0.717) is 12.2 Å². The van der Waals surface area contributed by atoms with Gasteiger partial charge in [-0.3, -0.25) is 4.79 Å². The largest absolute Gasteiger partial charge is 0.454 e. The second-order valence-electron chi connectivity index (χ2n) is 5.44. The monoisotopic (exact) mass is 347 g/mol. The predicted octanol–water partition coefficient (Wildman–Crippen LogP) is 3.84. The van der Waals surface area contributed by atoms with Crippen molar-refractivity contribution in [2.75, 3.05) is 12.1 Å². The maximum atomic E-state index is 12.0. The van der Waals surface area contributed by atoms with E-state index in [9.17, 15) is 4.79 Å². The smallest absolute Gasteiger partial charge is 0.231 e. The third kappa shape index (κ3) is 2.25. The highest BCUT2D eigenvalue weighted by Crippen LogP contribution is 2.46. The van der Waals surface area contributed by atoms with Gasteiger partial charge in [-0.15, -0.1) is 0 Å². The molecule has 0 fully saturated rings. The van der Waals surface area contributed by atoms with Crippen molar-refractivity contribution in [3.63, 3.8) is 0 Å². The van der Waals surface area contributed by atoms with Crippen molar-refractivity contribution in [3.8, 4) is 11.5 Å². The fraction of sp³-hybridized carbons (Fsp3) is 0.312. The molecule has 2 heterocycles. The molecule has 0 bridgehead atoms. The van der Waals surface area contributed by atoms with Crippen molar-refractivity contribution in [2.45, 2.75) is 25.2 Å². The van der Waals surface area contributed by atoms with Crippen LogP contribution in [0.3, 0.4) is 0 Å². The highest BCUT2D eigenvalue weighted by molar-refractivity contribution is 9.11. The number of halogens is 1. The summed E-state index contributed by atoms with van der Waals surface area (Å²) in [5, 5.41) is 2.94. The molecule has 1 aromatic carbocycles. The van der Waals surface area contributed by atoms with Crippen LogP contribution in [-0.4, -0.2) is 12.7 Å². The average Bonchev–Trinajstić information content (AvgIpc) is 2.91. The van der Waals surface area contributed by atoms with Crippen LogP contribution in [0.1, 0.15) is 30.7 Å². The number of amides is 1. The van der Waals surface area contributed by atoms with E-state index >= 15 is 0 Å². The summed E-state index contributed by atoms with van der Waals surface area (Å²) in [6, 6.07) is 3.88. The van der Waals surface area contributed by atoms with Gasteiger partial charge in [0.25, 0.3) is 0 Å². The number of fused-ring (bicyclic) bond motifs is 2. The zero-order chi connectivity index (χ0) is 14.4. The van der Waals surface area contributed by atoms with Crippen LogP contribution >= 0.6 is 15.9 Å². The predicted molar refractivity (Wildman–Crippen MR) is 82.9 cm³/mol. The molecule has 21 heavy (non-hydrogen) atoms. The molecular weight excluding hydrogens is 334 g/mol. The minimum absolute atomic E-state index is 0.0536. The summed E-state index contributed by atoms with van der Waals surface area (Å²) in [6.07, 6.45) is 6.78. The molecule has 1 unspecified atom stereocenters. The third-order valence-electron chi connectivity index (χ3n) is 4.13. The zero-order valence-corrected chi connectivity index (χ0v) is 12.9. The van der Waals surface area contributed by atoms with E-state index in [-0.39, 0.29) is 18.6 Å². The highest BCUT2D eigenvalue weighted by atomic mass is 79.9. The van der Waals surface area contributed by atoms with Crippen LogP contribution in [-0.2, 0) is 4.79 Å². The van der Waals surface area contributed by atoms with E-state index < -0.39 is 0 Å². The van der Waals surface area contributed by atoms with Gasteiger partial charge in [0.2, 0.25) is 12.7 Å². The van der Waals surface area contributed by atoms with Gasteiger partial charge < -0.3 is 14.8 Å². The number of carbonyl (C=O) groups excluding carboxylic acids is 1. The molecule has 0 aromatic heterocycles. The number of anilines is 1. The lowest BCUT2D eigenvalue weighted by atomic mass is 9.81.